The van der Waals surface area contributed by atoms with Gasteiger partial charge in [0.15, 0.2) is 0 Å². The summed E-state index contributed by atoms with van der Waals surface area (Å²) >= 11 is 14.4. The molecule has 6 nitrogen and oxygen atoms in total. The van der Waals surface area contributed by atoms with Gasteiger partial charge in [0.05, 0.1) is 17.2 Å². The van der Waals surface area contributed by atoms with Crippen LogP contribution in [0, 0.1) is 5.92 Å². The first-order valence-electron chi connectivity index (χ1n) is 10.1. The standard InChI is InChI=1S/C22H28Cl2N2O4S/c1-13(2)31-17-7-5-15(19(23)20(17)24)6-8-18(27)26-11-9-16(10-12-26)21(28)25-14(3)22(29)30-4/h5-8,13-14,16H,9-12H2,1-4H3,(H,25,28)/b8-6+/t14-/m0/s1. The number of thioether (sulfide) groups is 1. The van der Waals surface area contributed by atoms with Gasteiger partial charge in [0.25, 0.3) is 0 Å². The van der Waals surface area contributed by atoms with Crippen LogP contribution in [0.3, 0.4) is 0 Å². The lowest BCUT2D eigenvalue weighted by molar-refractivity contribution is -0.145. The Morgan fingerprint density at radius 1 is 1.16 bits per heavy atom. The van der Waals surface area contributed by atoms with Crippen molar-refractivity contribution in [2.24, 2.45) is 5.92 Å². The van der Waals surface area contributed by atoms with Crippen molar-refractivity contribution in [2.45, 2.75) is 49.8 Å². The van der Waals surface area contributed by atoms with Gasteiger partial charge in [0, 0.05) is 35.2 Å². The summed E-state index contributed by atoms with van der Waals surface area (Å²) in [5.74, 6) is -1.06. The summed E-state index contributed by atoms with van der Waals surface area (Å²) in [6.07, 6.45) is 4.21. The summed E-state index contributed by atoms with van der Waals surface area (Å²) in [5.41, 5.74) is 0.680. The van der Waals surface area contributed by atoms with Gasteiger partial charge in [-0.2, -0.15) is 0 Å². The Balaban J connectivity index is 1.92. The van der Waals surface area contributed by atoms with Crippen LogP contribution in [0.15, 0.2) is 23.1 Å². The highest BCUT2D eigenvalue weighted by atomic mass is 35.5. The second-order valence-corrected chi connectivity index (χ2v) is 10.0. The molecule has 0 unspecified atom stereocenters. The molecule has 1 N–H and O–H groups in total. The van der Waals surface area contributed by atoms with E-state index in [9.17, 15) is 14.4 Å². The number of carbonyl (C=O) groups is 3. The highest BCUT2D eigenvalue weighted by Crippen LogP contribution is 2.37. The minimum absolute atomic E-state index is 0.144. The highest BCUT2D eigenvalue weighted by molar-refractivity contribution is 8.00. The van der Waals surface area contributed by atoms with Gasteiger partial charge < -0.3 is 15.0 Å². The maximum atomic E-state index is 12.6. The minimum Gasteiger partial charge on any atom is -0.467 e. The molecule has 2 amide bonds. The summed E-state index contributed by atoms with van der Waals surface area (Å²) in [4.78, 5) is 38.9. The number of amides is 2. The van der Waals surface area contributed by atoms with E-state index in [1.807, 2.05) is 12.1 Å². The molecule has 9 heteroatoms. The van der Waals surface area contributed by atoms with Crippen LogP contribution in [-0.4, -0.2) is 54.2 Å². The van der Waals surface area contributed by atoms with Crippen LogP contribution in [0.4, 0.5) is 0 Å². The zero-order valence-electron chi connectivity index (χ0n) is 18.1. The SMILES string of the molecule is COC(=O)[C@H](C)NC(=O)C1CCN(C(=O)/C=C/c2ccc(SC(C)C)c(Cl)c2Cl)CC1. The molecule has 1 aliphatic rings. The lowest BCUT2D eigenvalue weighted by Gasteiger charge is -2.31. The number of hydrogen-bond acceptors (Lipinski definition) is 5. The molecule has 0 spiro atoms. The third kappa shape index (κ3) is 7.16. The zero-order valence-corrected chi connectivity index (χ0v) is 20.4. The molecular weight excluding hydrogens is 459 g/mol. The Kier molecular flexibility index (Phi) is 9.72. The van der Waals surface area contributed by atoms with E-state index in [0.29, 0.717) is 46.8 Å². The number of nitrogens with one attached hydrogen (secondary N) is 1. The zero-order chi connectivity index (χ0) is 23.1. The Bertz CT molecular complexity index is 852. The molecule has 1 heterocycles. The van der Waals surface area contributed by atoms with Crippen LogP contribution in [0.2, 0.25) is 10.0 Å². The van der Waals surface area contributed by atoms with E-state index in [0.717, 1.165) is 4.90 Å². The number of carbonyl (C=O) groups excluding carboxylic acids is 3. The van der Waals surface area contributed by atoms with E-state index in [2.05, 4.69) is 23.9 Å². The maximum Gasteiger partial charge on any atom is 0.328 e. The van der Waals surface area contributed by atoms with Crippen molar-refractivity contribution >= 4 is 58.8 Å². The van der Waals surface area contributed by atoms with Gasteiger partial charge in [-0.25, -0.2) is 4.79 Å². The molecule has 1 atom stereocenters. The Labute approximate surface area is 197 Å². The summed E-state index contributed by atoms with van der Waals surface area (Å²) < 4.78 is 4.62. The van der Waals surface area contributed by atoms with Crippen LogP contribution in [-0.2, 0) is 19.1 Å². The van der Waals surface area contributed by atoms with E-state index < -0.39 is 12.0 Å². The van der Waals surface area contributed by atoms with Gasteiger partial charge in [-0.1, -0.05) is 43.1 Å². The molecule has 170 valence electrons. The Morgan fingerprint density at radius 3 is 2.39 bits per heavy atom. The number of methoxy groups -OCH3 is 1. The lowest BCUT2D eigenvalue weighted by atomic mass is 9.95. The van der Waals surface area contributed by atoms with Gasteiger partial charge >= 0.3 is 5.97 Å². The van der Waals surface area contributed by atoms with Crippen LogP contribution in [0.1, 0.15) is 39.2 Å². The number of nitrogens with zero attached hydrogens (tertiary/aromatic N) is 1. The van der Waals surface area contributed by atoms with Gasteiger partial charge in [-0.05, 0) is 37.5 Å². The van der Waals surface area contributed by atoms with Gasteiger partial charge in [-0.3, -0.25) is 9.59 Å². The summed E-state index contributed by atoms with van der Waals surface area (Å²) in [5, 5.41) is 3.95. The number of rotatable bonds is 7. The second-order valence-electron chi connectivity index (χ2n) is 7.63. The first kappa shape index (κ1) is 25.6. The first-order chi connectivity index (χ1) is 14.6. The summed E-state index contributed by atoms with van der Waals surface area (Å²) in [7, 11) is 1.28. The average Bonchev–Trinajstić information content (AvgIpc) is 2.75. The maximum absolute atomic E-state index is 12.6. The van der Waals surface area contributed by atoms with E-state index >= 15 is 0 Å². The first-order valence-corrected chi connectivity index (χ1v) is 11.8. The number of halogens is 2. The molecule has 1 aromatic rings. The fourth-order valence-electron chi connectivity index (χ4n) is 3.22. The third-order valence-corrected chi connectivity index (χ3v) is 7.01. The van der Waals surface area contributed by atoms with E-state index in [1.165, 1.54) is 13.2 Å². The van der Waals surface area contributed by atoms with Gasteiger partial charge in [0.2, 0.25) is 11.8 Å². The number of likely N-dealkylation sites (tertiary alicyclic amines) is 1. The van der Waals surface area contributed by atoms with Crippen molar-refractivity contribution in [3.8, 4) is 0 Å². The van der Waals surface area contributed by atoms with Crippen molar-refractivity contribution in [3.63, 3.8) is 0 Å². The fraction of sp³-hybridized carbons (Fsp3) is 0.500. The van der Waals surface area contributed by atoms with Crippen LogP contribution >= 0.6 is 35.0 Å². The topological polar surface area (TPSA) is 75.7 Å². The molecule has 1 aliphatic heterocycles. The lowest BCUT2D eigenvalue weighted by Crippen LogP contribution is -2.46. The number of ether oxygens (including phenoxy) is 1. The molecular formula is C22H28Cl2N2O4S. The van der Waals surface area contributed by atoms with E-state index in [-0.39, 0.29) is 17.7 Å². The van der Waals surface area contributed by atoms with E-state index in [1.54, 1.807) is 29.7 Å². The smallest absolute Gasteiger partial charge is 0.328 e. The van der Waals surface area contributed by atoms with Crippen LogP contribution in [0.25, 0.3) is 6.08 Å². The largest absolute Gasteiger partial charge is 0.467 e. The molecule has 0 aliphatic carbocycles. The quantitative estimate of drug-likeness (QED) is 0.350. The normalized spacial score (nSPS) is 15.9. The Hall–Kier alpha value is -1.70. The molecule has 0 saturated carbocycles. The molecule has 0 bridgehead atoms. The monoisotopic (exact) mass is 486 g/mol. The van der Waals surface area contributed by atoms with Crippen molar-refractivity contribution in [1.29, 1.82) is 0 Å². The minimum atomic E-state index is -0.693. The number of esters is 1. The number of hydrogen-bond donors (Lipinski definition) is 1. The highest BCUT2D eigenvalue weighted by Gasteiger charge is 2.28. The molecule has 31 heavy (non-hydrogen) atoms. The molecule has 0 radical (unpaired) electrons. The molecule has 0 aromatic heterocycles. The predicted molar refractivity (Wildman–Crippen MR) is 125 cm³/mol. The molecule has 2 rings (SSSR count). The second kappa shape index (κ2) is 11.8. The van der Waals surface area contributed by atoms with Gasteiger partial charge in [0.1, 0.15) is 6.04 Å². The van der Waals surface area contributed by atoms with Crippen LogP contribution in [0.5, 0.6) is 0 Å². The molecule has 1 saturated heterocycles. The molecule has 1 fully saturated rings. The predicted octanol–water partition coefficient (Wildman–Crippen LogP) is 4.42. The van der Waals surface area contributed by atoms with E-state index in [4.69, 9.17) is 23.2 Å². The molecule has 1 aromatic carbocycles. The average molecular weight is 487 g/mol. The fourth-order valence-corrected chi connectivity index (χ4v) is 4.67. The van der Waals surface area contributed by atoms with Crippen molar-refractivity contribution in [3.05, 3.63) is 33.8 Å². The van der Waals surface area contributed by atoms with Gasteiger partial charge in [-0.15, -0.1) is 11.8 Å². The number of piperidine rings is 1. The van der Waals surface area contributed by atoms with Crippen molar-refractivity contribution in [1.82, 2.24) is 10.2 Å². The summed E-state index contributed by atoms with van der Waals surface area (Å²) in [6.45, 7) is 6.67. The number of benzene rings is 1. The van der Waals surface area contributed by atoms with Crippen molar-refractivity contribution in [2.75, 3.05) is 20.2 Å². The Morgan fingerprint density at radius 2 is 1.81 bits per heavy atom. The summed E-state index contributed by atoms with van der Waals surface area (Å²) in [6, 6.07) is 3.06. The van der Waals surface area contributed by atoms with Crippen molar-refractivity contribution < 1.29 is 19.1 Å². The third-order valence-electron chi connectivity index (χ3n) is 4.94. The van der Waals surface area contributed by atoms with Crippen LogP contribution < -0.4 is 5.32 Å².